The van der Waals surface area contributed by atoms with E-state index < -0.39 is 15.6 Å². The predicted octanol–water partition coefficient (Wildman–Crippen LogP) is 6.10. The Morgan fingerprint density at radius 3 is 2.40 bits per heavy atom. The van der Waals surface area contributed by atoms with Gasteiger partial charge < -0.3 is 26.0 Å². The monoisotopic (exact) mass is 609 g/mol. The summed E-state index contributed by atoms with van der Waals surface area (Å²) in [5.41, 5.74) is 1.58. The largest absolute Gasteiger partial charge is 0.494 e. The molecule has 0 aliphatic rings. The molecule has 2 aromatic carbocycles. The molecule has 12 heteroatoms. The van der Waals surface area contributed by atoms with Crippen molar-refractivity contribution in [2.45, 2.75) is 65.3 Å². The van der Waals surface area contributed by atoms with E-state index in [1.807, 2.05) is 52.0 Å². The molecule has 0 spiro atoms. The summed E-state index contributed by atoms with van der Waals surface area (Å²) in [6, 6.07) is 14.0. The number of carbonyl (C=O) groups excluding carboxylic acids is 1. The van der Waals surface area contributed by atoms with Crippen molar-refractivity contribution in [3.05, 3.63) is 60.3 Å². The Kier molecular flexibility index (Phi) is 13.7. The van der Waals surface area contributed by atoms with E-state index in [0.717, 1.165) is 23.4 Å². The second-order valence-electron chi connectivity index (χ2n) is 10.2. The van der Waals surface area contributed by atoms with Crippen molar-refractivity contribution in [3.8, 4) is 5.75 Å². The van der Waals surface area contributed by atoms with Gasteiger partial charge in [-0.1, -0.05) is 19.9 Å². The molecule has 1 heterocycles. The van der Waals surface area contributed by atoms with Gasteiger partial charge >= 0.3 is 0 Å². The summed E-state index contributed by atoms with van der Waals surface area (Å²) in [5.74, 6) is 1.66. The highest BCUT2D eigenvalue weighted by Crippen LogP contribution is 2.24. The zero-order valence-electron chi connectivity index (χ0n) is 25.7. The van der Waals surface area contributed by atoms with Crippen LogP contribution in [-0.2, 0) is 14.8 Å². The SMILES string of the molecule is CC.CCNC(=O)CNCCCOc1ccc(Nc2ncc(C)c(Nc3cccc(S(=O)(=O)NC(C)(C)C)c3)n2)cc1.[HH].[HH].[HH].[HH].[HH]. The van der Waals surface area contributed by atoms with Crippen molar-refractivity contribution in [3.63, 3.8) is 0 Å². The zero-order chi connectivity index (χ0) is 31.2. The van der Waals surface area contributed by atoms with Gasteiger partial charge in [0.05, 0.1) is 18.0 Å². The normalized spacial score (nSPS) is 11.2. The molecule has 0 fully saturated rings. The Balaban J connectivity index is -0.00000129. The smallest absolute Gasteiger partial charge is 0.241 e. The number of amides is 1. The van der Waals surface area contributed by atoms with Gasteiger partial charge in [0.15, 0.2) is 0 Å². The van der Waals surface area contributed by atoms with E-state index in [4.69, 9.17) is 4.74 Å². The van der Waals surface area contributed by atoms with Crippen molar-refractivity contribution in [1.29, 1.82) is 0 Å². The van der Waals surface area contributed by atoms with Crippen LogP contribution in [0.3, 0.4) is 0 Å². The van der Waals surface area contributed by atoms with E-state index in [0.29, 0.717) is 43.7 Å². The number of aryl methyl sites for hydroxylation is 1. The van der Waals surface area contributed by atoms with Gasteiger partial charge in [0.2, 0.25) is 21.9 Å². The van der Waals surface area contributed by atoms with Crippen LogP contribution in [0.5, 0.6) is 5.75 Å². The number of sulfonamides is 1. The molecule has 0 bridgehead atoms. The average molecular weight is 610 g/mol. The fourth-order valence-corrected chi connectivity index (χ4v) is 5.04. The van der Waals surface area contributed by atoms with Gasteiger partial charge in [-0.15, -0.1) is 0 Å². The van der Waals surface area contributed by atoms with Crippen LogP contribution in [-0.4, -0.2) is 56.1 Å². The first-order valence-corrected chi connectivity index (χ1v) is 15.7. The number of benzene rings is 2. The van der Waals surface area contributed by atoms with Crippen molar-refractivity contribution in [1.82, 2.24) is 25.3 Å². The van der Waals surface area contributed by atoms with E-state index in [1.54, 1.807) is 51.2 Å². The fourth-order valence-electron chi connectivity index (χ4n) is 3.58. The van der Waals surface area contributed by atoms with Gasteiger partial charge in [0, 0.05) is 42.4 Å². The predicted molar refractivity (Wildman–Crippen MR) is 180 cm³/mol. The lowest BCUT2D eigenvalue weighted by Crippen LogP contribution is -2.40. The third-order valence-corrected chi connectivity index (χ3v) is 7.11. The number of likely N-dealkylation sites (N-methyl/N-ethyl adjacent to an activating group) is 1. The van der Waals surface area contributed by atoms with E-state index in [2.05, 4.69) is 36.0 Å². The Bertz CT molecular complexity index is 1400. The van der Waals surface area contributed by atoms with Crippen LogP contribution in [0, 0.1) is 6.92 Å². The van der Waals surface area contributed by atoms with Crippen molar-refractivity contribution in [2.24, 2.45) is 0 Å². The highest BCUT2D eigenvalue weighted by Gasteiger charge is 2.22. The minimum absolute atomic E-state index is 0. The highest BCUT2D eigenvalue weighted by atomic mass is 32.2. The summed E-state index contributed by atoms with van der Waals surface area (Å²) >= 11 is 0. The van der Waals surface area contributed by atoms with Crippen LogP contribution < -0.4 is 30.7 Å². The highest BCUT2D eigenvalue weighted by molar-refractivity contribution is 7.89. The Morgan fingerprint density at radius 1 is 1.02 bits per heavy atom. The molecule has 11 nitrogen and oxygen atoms in total. The van der Waals surface area contributed by atoms with Gasteiger partial charge in [-0.3, -0.25) is 4.79 Å². The van der Waals surface area contributed by atoms with Crippen molar-refractivity contribution < 1.29 is 25.1 Å². The third kappa shape index (κ3) is 12.0. The summed E-state index contributed by atoms with van der Waals surface area (Å²) < 4.78 is 33.9. The minimum Gasteiger partial charge on any atom is -0.494 e. The van der Waals surface area contributed by atoms with E-state index in [-0.39, 0.29) is 17.9 Å². The number of nitrogens with zero attached hydrogens (tertiary/aromatic N) is 2. The van der Waals surface area contributed by atoms with Gasteiger partial charge in [-0.2, -0.15) is 4.98 Å². The number of ether oxygens (including phenoxy) is 1. The molecule has 42 heavy (non-hydrogen) atoms. The minimum atomic E-state index is -3.67. The number of anilines is 4. The molecule has 0 radical (unpaired) electrons. The number of nitrogens with one attached hydrogen (secondary N) is 5. The number of aromatic nitrogens is 2. The van der Waals surface area contributed by atoms with Crippen LogP contribution in [0.4, 0.5) is 23.1 Å². The summed E-state index contributed by atoms with van der Waals surface area (Å²) in [5, 5.41) is 12.2. The van der Waals surface area contributed by atoms with Crippen LogP contribution in [0.25, 0.3) is 0 Å². The molecule has 0 atom stereocenters. The van der Waals surface area contributed by atoms with E-state index in [1.165, 1.54) is 0 Å². The Morgan fingerprint density at radius 2 is 1.74 bits per heavy atom. The van der Waals surface area contributed by atoms with Crippen molar-refractivity contribution >= 4 is 39.1 Å². The van der Waals surface area contributed by atoms with Gasteiger partial charge in [0.25, 0.3) is 0 Å². The van der Waals surface area contributed by atoms with Crippen LogP contribution in [0.1, 0.15) is 60.7 Å². The molecule has 0 aliphatic carbocycles. The van der Waals surface area contributed by atoms with Crippen LogP contribution in [0.15, 0.2) is 59.6 Å². The molecular weight excluding hydrogens is 554 g/mol. The molecule has 5 N–H and O–H groups in total. The lowest BCUT2D eigenvalue weighted by Gasteiger charge is -2.20. The first-order chi connectivity index (χ1) is 19.9. The standard InChI is InChI=1S/C28H39N7O4S.C2H6.5H2/c1-6-30-25(36)19-29-15-8-16-39-23-13-11-21(12-14-23)33-27-31-18-20(2)26(34-27)32-22-9-7-10-24(17-22)40(37,38)35-28(3,4)5;1-2;;;;;/h7,9-14,17-18,29,35H,6,8,15-16,19H2,1-5H3,(H,30,36)(H2,31,32,33,34);1-2H3;5*1H. The molecule has 0 saturated carbocycles. The van der Waals surface area contributed by atoms with Crippen LogP contribution in [0.2, 0.25) is 0 Å². The quantitative estimate of drug-likeness (QED) is 0.137. The molecule has 1 amide bonds. The topological polar surface area (TPSA) is 146 Å². The second-order valence-corrected chi connectivity index (χ2v) is 11.9. The number of carbonyl (C=O) groups is 1. The average Bonchev–Trinajstić information content (AvgIpc) is 2.93. The molecule has 0 saturated heterocycles. The van der Waals surface area contributed by atoms with E-state index >= 15 is 0 Å². The van der Waals surface area contributed by atoms with Gasteiger partial charge in [0.1, 0.15) is 11.6 Å². The molecule has 240 valence electrons. The molecule has 0 aliphatic heterocycles. The number of rotatable bonds is 14. The van der Waals surface area contributed by atoms with Gasteiger partial charge in [-0.05, 0) is 90.0 Å². The first-order valence-electron chi connectivity index (χ1n) is 14.2. The molecule has 3 rings (SSSR count). The summed E-state index contributed by atoms with van der Waals surface area (Å²) in [6.07, 6.45) is 2.46. The summed E-state index contributed by atoms with van der Waals surface area (Å²) in [6.45, 7) is 15.3. The lowest BCUT2D eigenvalue weighted by molar-refractivity contribution is -0.120. The molecular formula is C30H55N7O4S. The Labute approximate surface area is 257 Å². The third-order valence-electron chi connectivity index (χ3n) is 5.36. The van der Waals surface area contributed by atoms with Crippen molar-refractivity contribution in [2.75, 3.05) is 36.9 Å². The molecule has 0 unspecified atom stereocenters. The molecule has 1 aromatic heterocycles. The number of hydrogen-bond acceptors (Lipinski definition) is 9. The van der Waals surface area contributed by atoms with Crippen LogP contribution >= 0.6 is 0 Å². The summed E-state index contributed by atoms with van der Waals surface area (Å²) in [7, 11) is -3.67. The maximum Gasteiger partial charge on any atom is 0.241 e. The fraction of sp³-hybridized carbons (Fsp3) is 0.433. The maximum absolute atomic E-state index is 12.7. The second kappa shape index (κ2) is 16.6. The van der Waals surface area contributed by atoms with Gasteiger partial charge in [-0.25, -0.2) is 18.1 Å². The number of hydrogen-bond donors (Lipinski definition) is 5. The lowest BCUT2D eigenvalue weighted by atomic mass is 10.1. The Hall–Kier alpha value is -3.74. The maximum atomic E-state index is 12.7. The molecule has 3 aromatic rings. The zero-order valence-corrected chi connectivity index (χ0v) is 26.5. The summed E-state index contributed by atoms with van der Waals surface area (Å²) in [4.78, 5) is 20.5. The first kappa shape index (κ1) is 34.5. The van der Waals surface area contributed by atoms with E-state index in [9.17, 15) is 13.2 Å².